The Kier molecular flexibility index (Phi) is 4.54. The summed E-state index contributed by atoms with van der Waals surface area (Å²) < 4.78 is 11.0. The molecule has 21 heavy (non-hydrogen) atoms. The predicted octanol–water partition coefficient (Wildman–Crippen LogP) is 3.38. The van der Waals surface area contributed by atoms with Crippen LogP contribution in [0, 0.1) is 0 Å². The van der Waals surface area contributed by atoms with Crippen molar-refractivity contribution in [2.75, 3.05) is 13.7 Å². The fourth-order valence-electron chi connectivity index (χ4n) is 2.12. The molecular formula is C16H17BrO4. The Morgan fingerprint density at radius 3 is 2.67 bits per heavy atom. The molecule has 0 radical (unpaired) electrons. The van der Waals surface area contributed by atoms with Crippen LogP contribution in [0.1, 0.15) is 19.4 Å². The normalized spacial score (nSPS) is 13.8. The van der Waals surface area contributed by atoms with Gasteiger partial charge in [-0.15, -0.1) is 0 Å². The minimum Gasteiger partial charge on any atom is -0.496 e. The van der Waals surface area contributed by atoms with Gasteiger partial charge in [0.25, 0.3) is 0 Å². The molecule has 0 saturated heterocycles. The van der Waals surface area contributed by atoms with Crippen molar-refractivity contribution >= 4 is 32.7 Å². The molecule has 0 heterocycles. The summed E-state index contributed by atoms with van der Waals surface area (Å²) in [6.45, 7) is 3.37. The first-order valence-corrected chi connectivity index (χ1v) is 7.37. The van der Waals surface area contributed by atoms with Crippen molar-refractivity contribution < 1.29 is 19.4 Å². The molecule has 4 nitrogen and oxygen atoms in total. The van der Waals surface area contributed by atoms with Gasteiger partial charge in [-0.25, -0.2) is 4.79 Å². The Balaban J connectivity index is 2.51. The third kappa shape index (κ3) is 2.89. The number of aliphatic hydroxyl groups is 1. The smallest absolute Gasteiger partial charge is 0.342 e. The number of benzene rings is 2. The molecule has 0 bridgehead atoms. The lowest BCUT2D eigenvalue weighted by Gasteiger charge is -2.22. The van der Waals surface area contributed by atoms with Gasteiger partial charge >= 0.3 is 5.97 Å². The van der Waals surface area contributed by atoms with E-state index in [2.05, 4.69) is 15.9 Å². The monoisotopic (exact) mass is 352 g/mol. The van der Waals surface area contributed by atoms with Gasteiger partial charge in [0.05, 0.1) is 18.2 Å². The highest BCUT2D eigenvalue weighted by molar-refractivity contribution is 9.10. The average molecular weight is 353 g/mol. The summed E-state index contributed by atoms with van der Waals surface area (Å²) in [5, 5.41) is 12.2. The number of halogens is 1. The first-order valence-electron chi connectivity index (χ1n) is 6.58. The van der Waals surface area contributed by atoms with Crippen molar-refractivity contribution in [2.24, 2.45) is 0 Å². The maximum atomic E-state index is 11.9. The number of methoxy groups -OCH3 is 1. The van der Waals surface area contributed by atoms with Gasteiger partial charge in [0, 0.05) is 0 Å². The predicted molar refractivity (Wildman–Crippen MR) is 84.4 cm³/mol. The molecule has 0 spiro atoms. The Morgan fingerprint density at radius 1 is 1.33 bits per heavy atom. The van der Waals surface area contributed by atoms with Crippen molar-refractivity contribution in [3.8, 4) is 5.75 Å². The molecular weight excluding hydrogens is 336 g/mol. The van der Waals surface area contributed by atoms with Gasteiger partial charge in [-0.3, -0.25) is 0 Å². The van der Waals surface area contributed by atoms with Gasteiger partial charge in [0.2, 0.25) is 0 Å². The van der Waals surface area contributed by atoms with E-state index in [9.17, 15) is 9.90 Å². The van der Waals surface area contributed by atoms with Crippen molar-refractivity contribution in [3.63, 3.8) is 0 Å². The molecule has 0 aromatic heterocycles. The third-order valence-electron chi connectivity index (χ3n) is 3.37. The van der Waals surface area contributed by atoms with E-state index in [0.717, 1.165) is 21.0 Å². The van der Waals surface area contributed by atoms with Gasteiger partial charge in [0.1, 0.15) is 5.75 Å². The molecule has 0 fully saturated rings. The molecule has 2 rings (SSSR count). The van der Waals surface area contributed by atoms with Crippen LogP contribution in [0.2, 0.25) is 0 Å². The van der Waals surface area contributed by atoms with Crippen LogP contribution in [0.4, 0.5) is 0 Å². The molecule has 1 N–H and O–H groups in total. The highest BCUT2D eigenvalue weighted by atomic mass is 79.9. The van der Waals surface area contributed by atoms with Gasteiger partial charge in [-0.2, -0.15) is 0 Å². The van der Waals surface area contributed by atoms with Gasteiger partial charge < -0.3 is 14.6 Å². The van der Waals surface area contributed by atoms with E-state index in [1.54, 1.807) is 26.2 Å². The molecule has 1 atom stereocenters. The van der Waals surface area contributed by atoms with E-state index in [0.29, 0.717) is 5.56 Å². The summed E-state index contributed by atoms with van der Waals surface area (Å²) >= 11 is 3.49. The molecule has 112 valence electrons. The Hall–Kier alpha value is -1.59. The number of esters is 1. The fourth-order valence-corrected chi connectivity index (χ4v) is 2.78. The second-order valence-corrected chi connectivity index (χ2v) is 5.60. The summed E-state index contributed by atoms with van der Waals surface area (Å²) in [5.74, 6) is 0.0735. The van der Waals surface area contributed by atoms with Crippen LogP contribution < -0.4 is 4.74 Å². The van der Waals surface area contributed by atoms with Crippen LogP contribution in [0.5, 0.6) is 5.75 Å². The lowest BCUT2D eigenvalue weighted by Crippen LogP contribution is -2.34. The highest BCUT2D eigenvalue weighted by Gasteiger charge is 2.34. The molecule has 1 unspecified atom stereocenters. The summed E-state index contributed by atoms with van der Waals surface area (Å²) in [6, 6.07) is 9.03. The Morgan fingerprint density at radius 2 is 2.05 bits per heavy atom. The van der Waals surface area contributed by atoms with Crippen LogP contribution in [-0.2, 0) is 15.1 Å². The van der Waals surface area contributed by atoms with Crippen molar-refractivity contribution in [3.05, 3.63) is 40.4 Å². The number of carbonyl (C=O) groups excluding carboxylic acids is 1. The molecule has 0 aliphatic heterocycles. The van der Waals surface area contributed by atoms with Crippen LogP contribution in [0.15, 0.2) is 34.8 Å². The zero-order chi connectivity index (χ0) is 15.6. The van der Waals surface area contributed by atoms with Gasteiger partial charge in [-0.05, 0) is 58.2 Å². The number of fused-ring (bicyclic) bond motifs is 1. The number of hydrogen-bond donors (Lipinski definition) is 1. The number of hydrogen-bond acceptors (Lipinski definition) is 4. The van der Waals surface area contributed by atoms with Crippen LogP contribution in [0.25, 0.3) is 10.8 Å². The molecule has 5 heteroatoms. The first-order chi connectivity index (χ1) is 9.91. The van der Waals surface area contributed by atoms with E-state index in [1.807, 2.05) is 18.2 Å². The van der Waals surface area contributed by atoms with E-state index in [4.69, 9.17) is 9.47 Å². The molecule has 0 amide bonds. The van der Waals surface area contributed by atoms with Crippen molar-refractivity contribution in [2.45, 2.75) is 19.4 Å². The average Bonchev–Trinajstić information content (AvgIpc) is 2.47. The lowest BCUT2D eigenvalue weighted by atomic mass is 9.93. The number of ether oxygens (including phenoxy) is 2. The zero-order valence-electron chi connectivity index (χ0n) is 12.1. The summed E-state index contributed by atoms with van der Waals surface area (Å²) in [7, 11) is 1.60. The highest BCUT2D eigenvalue weighted by Crippen LogP contribution is 2.35. The summed E-state index contributed by atoms with van der Waals surface area (Å²) in [5.41, 5.74) is -1.18. The van der Waals surface area contributed by atoms with Crippen molar-refractivity contribution in [1.29, 1.82) is 0 Å². The largest absolute Gasteiger partial charge is 0.496 e. The minimum atomic E-state index is -1.67. The number of carbonyl (C=O) groups is 1. The summed E-state index contributed by atoms with van der Waals surface area (Å²) in [6.07, 6.45) is 0. The standard InChI is InChI=1S/C16H17BrO4/c1-4-21-15(18)16(2,19)11-6-7-12-10(9-11)5-8-13(20-3)14(12)17/h5-9,19H,4H2,1-3H3. The fraction of sp³-hybridized carbons (Fsp3) is 0.312. The lowest BCUT2D eigenvalue weighted by molar-refractivity contribution is -0.164. The summed E-state index contributed by atoms with van der Waals surface area (Å²) in [4.78, 5) is 11.9. The maximum Gasteiger partial charge on any atom is 0.342 e. The van der Waals surface area contributed by atoms with Crippen LogP contribution in [0.3, 0.4) is 0 Å². The van der Waals surface area contributed by atoms with Crippen LogP contribution >= 0.6 is 15.9 Å². The van der Waals surface area contributed by atoms with Crippen molar-refractivity contribution in [1.82, 2.24) is 0 Å². The van der Waals surface area contributed by atoms with E-state index < -0.39 is 11.6 Å². The molecule has 0 aliphatic rings. The zero-order valence-corrected chi connectivity index (χ0v) is 13.7. The van der Waals surface area contributed by atoms with E-state index >= 15 is 0 Å². The first kappa shape index (κ1) is 15.8. The quantitative estimate of drug-likeness (QED) is 0.857. The minimum absolute atomic E-state index is 0.227. The Bertz CT molecular complexity index is 679. The molecule has 2 aromatic carbocycles. The molecule has 0 saturated carbocycles. The molecule has 2 aromatic rings. The van der Waals surface area contributed by atoms with E-state index in [-0.39, 0.29) is 6.61 Å². The SMILES string of the molecule is CCOC(=O)C(C)(O)c1ccc2c(Br)c(OC)ccc2c1. The van der Waals surface area contributed by atoms with E-state index in [1.165, 1.54) is 6.92 Å². The maximum absolute atomic E-state index is 11.9. The second-order valence-electron chi connectivity index (χ2n) is 4.81. The van der Waals surface area contributed by atoms with Crippen LogP contribution in [-0.4, -0.2) is 24.8 Å². The Labute approximate surface area is 131 Å². The molecule has 0 aliphatic carbocycles. The van der Waals surface area contributed by atoms with Gasteiger partial charge in [-0.1, -0.05) is 18.2 Å². The topological polar surface area (TPSA) is 55.8 Å². The second kappa shape index (κ2) is 6.03. The number of rotatable bonds is 4. The third-order valence-corrected chi connectivity index (χ3v) is 4.19. The van der Waals surface area contributed by atoms with Gasteiger partial charge in [0.15, 0.2) is 5.60 Å².